The van der Waals surface area contributed by atoms with Crippen molar-refractivity contribution in [2.45, 2.75) is 19.6 Å². The predicted molar refractivity (Wildman–Crippen MR) is 92.2 cm³/mol. The molecule has 0 amide bonds. The second-order valence-electron chi connectivity index (χ2n) is 6.00. The van der Waals surface area contributed by atoms with Gasteiger partial charge < -0.3 is 0 Å². The number of hydrogen-bond acceptors (Lipinski definition) is 2. The summed E-state index contributed by atoms with van der Waals surface area (Å²) in [5, 5.41) is 1.18. The van der Waals surface area contributed by atoms with E-state index in [9.17, 15) is 9.59 Å². The van der Waals surface area contributed by atoms with E-state index in [4.69, 9.17) is 0 Å². The lowest BCUT2D eigenvalue weighted by atomic mass is 10.0. The number of rotatable bonds is 4. The van der Waals surface area contributed by atoms with Crippen LogP contribution in [0.2, 0.25) is 19.6 Å². The van der Waals surface area contributed by atoms with Gasteiger partial charge in [0, 0.05) is 15.6 Å². The molecule has 108 valence electrons. The van der Waals surface area contributed by atoms with Crippen molar-refractivity contribution in [3.63, 3.8) is 0 Å². The molecule has 2 aromatic rings. The van der Waals surface area contributed by atoms with Gasteiger partial charge in [-0.2, -0.15) is 0 Å². The molecule has 0 saturated heterocycles. The molecule has 21 heavy (non-hydrogen) atoms. The third kappa shape index (κ3) is 3.77. The van der Waals surface area contributed by atoms with E-state index in [1.165, 1.54) is 5.19 Å². The lowest BCUT2D eigenvalue weighted by molar-refractivity contribution is 0.0817. The molecule has 0 spiro atoms. The zero-order valence-electron chi connectivity index (χ0n) is 12.3. The van der Waals surface area contributed by atoms with Gasteiger partial charge in [0.15, 0.2) is 0 Å². The fourth-order valence-electron chi connectivity index (χ4n) is 2.02. The van der Waals surface area contributed by atoms with E-state index in [1.807, 2.05) is 24.3 Å². The van der Waals surface area contributed by atoms with Crippen LogP contribution < -0.4 is 5.19 Å². The van der Waals surface area contributed by atoms with Gasteiger partial charge >= 0.3 is 0 Å². The molecule has 0 aliphatic carbocycles. The summed E-state index contributed by atoms with van der Waals surface area (Å²) in [6.07, 6.45) is 0. The Morgan fingerprint density at radius 3 is 1.90 bits per heavy atom. The molecule has 4 heteroatoms. The summed E-state index contributed by atoms with van der Waals surface area (Å²) in [5.41, 5.74) is 0.882. The van der Waals surface area contributed by atoms with Crippen molar-refractivity contribution in [2.24, 2.45) is 0 Å². The zero-order valence-corrected chi connectivity index (χ0v) is 14.9. The maximum absolute atomic E-state index is 12.4. The van der Waals surface area contributed by atoms with Crippen LogP contribution in [0.15, 0.2) is 53.0 Å². The van der Waals surface area contributed by atoms with Crippen LogP contribution >= 0.6 is 15.9 Å². The Morgan fingerprint density at radius 1 is 0.857 bits per heavy atom. The van der Waals surface area contributed by atoms with Crippen LogP contribution in [0.3, 0.4) is 0 Å². The van der Waals surface area contributed by atoms with Crippen molar-refractivity contribution in [1.29, 1.82) is 0 Å². The first-order chi connectivity index (χ1) is 9.79. The van der Waals surface area contributed by atoms with Crippen molar-refractivity contribution in [1.82, 2.24) is 0 Å². The van der Waals surface area contributed by atoms with E-state index in [1.54, 1.807) is 24.3 Å². The van der Waals surface area contributed by atoms with Gasteiger partial charge in [-0.05, 0) is 12.1 Å². The minimum absolute atomic E-state index is 0.410. The largest absolute Gasteiger partial charge is 0.285 e. The molecular formula is C17H17BrO2Si. The number of Topliss-reactive ketones (excluding diaryl/α,β-unsaturated/α-hetero) is 2. The van der Waals surface area contributed by atoms with Crippen LogP contribution in [0.5, 0.6) is 0 Å². The zero-order chi connectivity index (χ0) is 15.6. The van der Waals surface area contributed by atoms with Gasteiger partial charge in [-0.15, -0.1) is 0 Å². The van der Waals surface area contributed by atoms with Gasteiger partial charge in [-0.25, -0.2) is 0 Å². The molecule has 0 heterocycles. The SMILES string of the molecule is C[Si](C)(C)c1cccc(C(=O)C(=O)c2cccc(Br)c2)c1. The molecule has 2 aromatic carbocycles. The van der Waals surface area contributed by atoms with E-state index >= 15 is 0 Å². The summed E-state index contributed by atoms with van der Waals surface area (Å²) in [7, 11) is -1.50. The Balaban J connectivity index is 2.34. The predicted octanol–water partition coefficient (Wildman–Crippen LogP) is 4.06. The average molecular weight is 361 g/mol. The van der Waals surface area contributed by atoms with Crippen LogP contribution in [0.1, 0.15) is 20.7 Å². The third-order valence-electron chi connectivity index (χ3n) is 3.28. The highest BCUT2D eigenvalue weighted by Gasteiger charge is 2.21. The summed E-state index contributed by atoms with van der Waals surface area (Å²) in [5.74, 6) is -0.919. The van der Waals surface area contributed by atoms with Crippen LogP contribution in [0.25, 0.3) is 0 Å². The fourth-order valence-corrected chi connectivity index (χ4v) is 3.60. The molecule has 0 aliphatic heterocycles. The van der Waals surface area contributed by atoms with Gasteiger partial charge in [0.2, 0.25) is 11.6 Å². The molecule has 0 atom stereocenters. The van der Waals surface area contributed by atoms with Crippen molar-refractivity contribution in [3.05, 3.63) is 64.1 Å². The van der Waals surface area contributed by atoms with Crippen LogP contribution in [-0.2, 0) is 0 Å². The summed E-state index contributed by atoms with van der Waals surface area (Å²) in [4.78, 5) is 24.7. The van der Waals surface area contributed by atoms with E-state index in [2.05, 4.69) is 35.6 Å². The van der Waals surface area contributed by atoms with Crippen molar-refractivity contribution >= 4 is 40.8 Å². The van der Waals surface area contributed by atoms with Gasteiger partial charge in [0.1, 0.15) is 0 Å². The fraction of sp³-hybridized carbons (Fsp3) is 0.176. The molecule has 0 unspecified atom stereocenters. The van der Waals surface area contributed by atoms with Crippen LogP contribution in [0.4, 0.5) is 0 Å². The number of hydrogen-bond donors (Lipinski definition) is 0. The Bertz CT molecular complexity index is 702. The minimum Gasteiger partial charge on any atom is -0.285 e. The van der Waals surface area contributed by atoms with Gasteiger partial charge in [0.05, 0.1) is 8.07 Å². The van der Waals surface area contributed by atoms with E-state index in [-0.39, 0.29) is 0 Å². The van der Waals surface area contributed by atoms with Crippen molar-refractivity contribution in [2.75, 3.05) is 0 Å². The minimum atomic E-state index is -1.50. The van der Waals surface area contributed by atoms with Gasteiger partial charge in [0.25, 0.3) is 0 Å². The lowest BCUT2D eigenvalue weighted by Crippen LogP contribution is -2.38. The first-order valence-electron chi connectivity index (χ1n) is 6.74. The number of halogens is 1. The lowest BCUT2D eigenvalue weighted by Gasteiger charge is -2.17. The average Bonchev–Trinajstić information content (AvgIpc) is 2.45. The molecule has 0 N–H and O–H groups in total. The molecule has 2 nitrogen and oxygen atoms in total. The molecule has 0 saturated carbocycles. The Labute approximate surface area is 134 Å². The molecule has 0 fully saturated rings. The first kappa shape index (κ1) is 15.9. The molecule has 0 aromatic heterocycles. The number of benzene rings is 2. The highest BCUT2D eigenvalue weighted by atomic mass is 79.9. The summed E-state index contributed by atoms with van der Waals surface area (Å²) < 4.78 is 0.789. The molecule has 2 rings (SSSR count). The van der Waals surface area contributed by atoms with E-state index < -0.39 is 19.6 Å². The Hall–Kier alpha value is -1.52. The topological polar surface area (TPSA) is 34.1 Å². The monoisotopic (exact) mass is 360 g/mol. The van der Waals surface area contributed by atoms with Crippen molar-refractivity contribution in [3.8, 4) is 0 Å². The maximum atomic E-state index is 12.4. The smallest absolute Gasteiger partial charge is 0.233 e. The third-order valence-corrected chi connectivity index (χ3v) is 5.82. The number of carbonyl (C=O) groups is 2. The number of carbonyl (C=O) groups excluding carboxylic acids is 2. The normalized spacial score (nSPS) is 11.2. The quantitative estimate of drug-likeness (QED) is 0.468. The van der Waals surface area contributed by atoms with Crippen LogP contribution in [-0.4, -0.2) is 19.6 Å². The Morgan fingerprint density at radius 2 is 1.38 bits per heavy atom. The second kappa shape index (κ2) is 6.08. The summed E-state index contributed by atoms with van der Waals surface area (Å²) in [6.45, 7) is 6.64. The Kier molecular flexibility index (Phi) is 4.59. The standard InChI is InChI=1S/C17H17BrO2Si/c1-21(2,3)15-9-5-7-13(11-15)17(20)16(19)12-6-4-8-14(18)10-12/h4-11H,1-3H3. The molecule has 0 radical (unpaired) electrons. The first-order valence-corrected chi connectivity index (χ1v) is 11.0. The second-order valence-corrected chi connectivity index (χ2v) is 12.0. The van der Waals surface area contributed by atoms with E-state index in [0.717, 1.165) is 4.47 Å². The summed E-state index contributed by atoms with van der Waals surface area (Å²) >= 11 is 3.32. The molecular weight excluding hydrogens is 344 g/mol. The highest BCUT2D eigenvalue weighted by Crippen LogP contribution is 2.14. The highest BCUT2D eigenvalue weighted by molar-refractivity contribution is 9.10. The number of ketones is 2. The maximum Gasteiger partial charge on any atom is 0.233 e. The van der Waals surface area contributed by atoms with Gasteiger partial charge in [-0.1, -0.05) is 77.2 Å². The summed E-state index contributed by atoms with van der Waals surface area (Å²) in [6, 6.07) is 14.4. The van der Waals surface area contributed by atoms with Gasteiger partial charge in [-0.3, -0.25) is 9.59 Å². The van der Waals surface area contributed by atoms with Crippen LogP contribution in [0, 0.1) is 0 Å². The molecule has 0 bridgehead atoms. The van der Waals surface area contributed by atoms with E-state index in [0.29, 0.717) is 11.1 Å². The van der Waals surface area contributed by atoms with Crippen molar-refractivity contribution < 1.29 is 9.59 Å². The molecule has 0 aliphatic rings.